The van der Waals surface area contributed by atoms with Gasteiger partial charge in [0.05, 0.1) is 13.1 Å². The van der Waals surface area contributed by atoms with Crippen LogP contribution in [0.1, 0.15) is 51.4 Å². The zero-order valence-corrected chi connectivity index (χ0v) is 14.0. The fourth-order valence-electron chi connectivity index (χ4n) is 2.24. The number of hydrogen-bond donors (Lipinski definition) is 1. The van der Waals surface area contributed by atoms with Gasteiger partial charge in [0.25, 0.3) is 0 Å². The molecule has 0 aliphatic heterocycles. The Balaban J connectivity index is 3.92. The molecule has 8 nitrogen and oxygen atoms in total. The van der Waals surface area contributed by atoms with E-state index in [9.17, 15) is 19.2 Å². The fourth-order valence-corrected chi connectivity index (χ4v) is 2.24. The molecular formula is C16H26N4O4. The molecule has 0 aromatic heterocycles. The molecule has 0 aliphatic carbocycles. The van der Waals surface area contributed by atoms with Gasteiger partial charge in [-0.1, -0.05) is 25.7 Å². The van der Waals surface area contributed by atoms with Gasteiger partial charge in [0.15, 0.2) is 0 Å². The summed E-state index contributed by atoms with van der Waals surface area (Å²) in [5.41, 5.74) is 0. The van der Waals surface area contributed by atoms with E-state index in [2.05, 4.69) is 15.3 Å². The molecule has 0 bridgehead atoms. The van der Waals surface area contributed by atoms with Crippen molar-refractivity contribution in [2.24, 2.45) is 9.98 Å². The van der Waals surface area contributed by atoms with E-state index < -0.39 is 0 Å². The average Bonchev–Trinajstić information content (AvgIpc) is 2.58. The van der Waals surface area contributed by atoms with Gasteiger partial charge >= 0.3 is 6.03 Å². The van der Waals surface area contributed by atoms with Crippen LogP contribution in [0.3, 0.4) is 0 Å². The van der Waals surface area contributed by atoms with Gasteiger partial charge in [-0.25, -0.2) is 24.4 Å². The van der Waals surface area contributed by atoms with Crippen molar-refractivity contribution >= 4 is 24.6 Å². The van der Waals surface area contributed by atoms with Gasteiger partial charge in [-0.3, -0.25) is 10.1 Å². The summed E-state index contributed by atoms with van der Waals surface area (Å²) in [5.74, 6) is 0. The molecule has 0 saturated heterocycles. The van der Waals surface area contributed by atoms with Crippen LogP contribution in [0.5, 0.6) is 0 Å². The predicted octanol–water partition coefficient (Wildman–Crippen LogP) is 1.95. The Labute approximate surface area is 142 Å². The van der Waals surface area contributed by atoms with E-state index in [4.69, 9.17) is 0 Å². The van der Waals surface area contributed by atoms with E-state index in [-0.39, 0.29) is 6.03 Å². The van der Waals surface area contributed by atoms with Gasteiger partial charge in [-0.15, -0.1) is 0 Å². The van der Waals surface area contributed by atoms with E-state index in [0.29, 0.717) is 32.6 Å². The fraction of sp³-hybridized carbons (Fsp3) is 0.750. The molecule has 24 heavy (non-hydrogen) atoms. The lowest BCUT2D eigenvalue weighted by Gasteiger charge is -2.21. The highest BCUT2D eigenvalue weighted by atomic mass is 16.2. The van der Waals surface area contributed by atoms with E-state index in [1.54, 1.807) is 4.90 Å². The summed E-state index contributed by atoms with van der Waals surface area (Å²) >= 11 is 0. The van der Waals surface area contributed by atoms with E-state index >= 15 is 0 Å². The van der Waals surface area contributed by atoms with Crippen molar-refractivity contribution in [3.05, 3.63) is 0 Å². The molecule has 0 saturated carbocycles. The smallest absolute Gasteiger partial charge is 0.323 e. The Morgan fingerprint density at radius 2 is 1.29 bits per heavy atom. The maximum Gasteiger partial charge on any atom is 0.323 e. The van der Waals surface area contributed by atoms with Gasteiger partial charge in [-0.2, -0.15) is 0 Å². The molecule has 0 unspecified atom stereocenters. The summed E-state index contributed by atoms with van der Waals surface area (Å²) in [5, 5.41) is 2.17. The minimum Gasteiger partial charge on any atom is -0.324 e. The van der Waals surface area contributed by atoms with Crippen LogP contribution in [-0.2, 0) is 14.4 Å². The number of urea groups is 1. The summed E-state index contributed by atoms with van der Waals surface area (Å²) in [6, 6.07) is -0.374. The third-order valence-corrected chi connectivity index (χ3v) is 3.49. The minimum atomic E-state index is -0.374. The molecule has 0 aromatic rings. The first-order valence-corrected chi connectivity index (χ1v) is 8.32. The lowest BCUT2D eigenvalue weighted by atomic mass is 10.1. The number of carbonyl (C=O) groups is 2. The third-order valence-electron chi connectivity index (χ3n) is 3.49. The third kappa shape index (κ3) is 13.4. The summed E-state index contributed by atoms with van der Waals surface area (Å²) < 4.78 is 0. The highest BCUT2D eigenvalue weighted by Crippen LogP contribution is 2.06. The molecule has 0 aromatic carbocycles. The van der Waals surface area contributed by atoms with Gasteiger partial charge in [0, 0.05) is 13.1 Å². The van der Waals surface area contributed by atoms with Crippen molar-refractivity contribution < 1.29 is 19.2 Å². The standard InChI is InChI=1S/C16H26N4O4/c21-13-17-9-5-1-3-7-11-20(16(24)19-15-23)12-8-4-2-6-10-18-14-22/h15H,1-12H2,(H,19,23,24). The van der Waals surface area contributed by atoms with E-state index in [1.807, 2.05) is 0 Å². The second kappa shape index (κ2) is 17.1. The number of nitrogens with zero attached hydrogens (tertiary/aromatic N) is 3. The van der Waals surface area contributed by atoms with Crippen molar-refractivity contribution in [1.29, 1.82) is 0 Å². The first kappa shape index (κ1) is 21.7. The van der Waals surface area contributed by atoms with Crippen LogP contribution >= 0.6 is 0 Å². The molecule has 0 atom stereocenters. The Kier molecular flexibility index (Phi) is 15.4. The van der Waals surface area contributed by atoms with Gasteiger partial charge in [0.2, 0.25) is 18.6 Å². The number of unbranched alkanes of at least 4 members (excludes halogenated alkanes) is 6. The topological polar surface area (TPSA) is 108 Å². The molecule has 0 heterocycles. The summed E-state index contributed by atoms with van der Waals surface area (Å²) in [4.78, 5) is 50.7. The molecule has 0 fully saturated rings. The van der Waals surface area contributed by atoms with Crippen molar-refractivity contribution in [3.8, 4) is 0 Å². The lowest BCUT2D eigenvalue weighted by molar-refractivity contribution is -0.108. The van der Waals surface area contributed by atoms with Gasteiger partial charge in [0.1, 0.15) is 0 Å². The van der Waals surface area contributed by atoms with Gasteiger partial charge in [-0.05, 0) is 25.7 Å². The summed E-state index contributed by atoms with van der Waals surface area (Å²) in [7, 11) is 0. The molecule has 0 rings (SSSR count). The van der Waals surface area contributed by atoms with Crippen molar-refractivity contribution in [3.63, 3.8) is 0 Å². The number of imide groups is 1. The largest absolute Gasteiger partial charge is 0.324 e. The van der Waals surface area contributed by atoms with Crippen molar-refractivity contribution in [2.75, 3.05) is 26.2 Å². The quantitative estimate of drug-likeness (QED) is 0.213. The molecule has 0 aliphatic rings. The minimum absolute atomic E-state index is 0.374. The second-order valence-electron chi connectivity index (χ2n) is 5.33. The molecule has 134 valence electrons. The average molecular weight is 338 g/mol. The van der Waals surface area contributed by atoms with Crippen molar-refractivity contribution in [1.82, 2.24) is 10.2 Å². The Hall–Kier alpha value is -2.30. The van der Waals surface area contributed by atoms with Crippen LogP contribution in [0.4, 0.5) is 4.79 Å². The molecule has 8 heteroatoms. The zero-order valence-electron chi connectivity index (χ0n) is 14.0. The number of aliphatic imine (C=N–C) groups is 2. The molecule has 0 radical (unpaired) electrons. The molecular weight excluding hydrogens is 312 g/mol. The maximum atomic E-state index is 11.8. The monoisotopic (exact) mass is 338 g/mol. The van der Waals surface area contributed by atoms with Gasteiger partial charge < -0.3 is 4.90 Å². The Bertz CT molecular complexity index is 413. The number of rotatable bonds is 15. The highest BCUT2D eigenvalue weighted by Gasteiger charge is 2.11. The first-order valence-electron chi connectivity index (χ1n) is 8.32. The number of hydrogen-bond acceptors (Lipinski definition) is 6. The van der Waals surface area contributed by atoms with Crippen LogP contribution in [-0.4, -0.2) is 55.7 Å². The number of amides is 3. The highest BCUT2D eigenvalue weighted by molar-refractivity contribution is 5.84. The molecule has 1 N–H and O–H groups in total. The molecule has 0 spiro atoms. The van der Waals surface area contributed by atoms with Crippen molar-refractivity contribution in [2.45, 2.75) is 51.4 Å². The number of carbonyl (C=O) groups excluding carboxylic acids is 4. The normalized spacial score (nSPS) is 9.50. The summed E-state index contributed by atoms with van der Waals surface area (Å²) in [6.07, 6.45) is 10.5. The second-order valence-corrected chi connectivity index (χ2v) is 5.33. The maximum absolute atomic E-state index is 11.8. The number of nitrogens with one attached hydrogen (secondary N) is 1. The lowest BCUT2D eigenvalue weighted by Crippen LogP contribution is -2.40. The predicted molar refractivity (Wildman–Crippen MR) is 89.1 cm³/mol. The molecule has 3 amide bonds. The Morgan fingerprint density at radius 3 is 1.71 bits per heavy atom. The first-order chi connectivity index (χ1) is 11.8. The van der Waals surface area contributed by atoms with E-state index in [1.165, 1.54) is 12.2 Å². The van der Waals surface area contributed by atoms with Crippen LogP contribution in [0, 0.1) is 0 Å². The Morgan fingerprint density at radius 1 is 0.833 bits per heavy atom. The summed E-state index contributed by atoms with van der Waals surface area (Å²) in [6.45, 7) is 2.16. The SMILES string of the molecule is O=C=NCCCCCCN(CCCCCCN=C=O)C(=O)NC=O. The van der Waals surface area contributed by atoms with E-state index in [0.717, 1.165) is 51.4 Å². The van der Waals surface area contributed by atoms with Crippen LogP contribution in [0.25, 0.3) is 0 Å². The number of isocyanates is 2. The zero-order chi connectivity index (χ0) is 17.9. The van der Waals surface area contributed by atoms with Crippen LogP contribution in [0.2, 0.25) is 0 Å². The van der Waals surface area contributed by atoms with Crippen LogP contribution in [0.15, 0.2) is 9.98 Å². The van der Waals surface area contributed by atoms with Crippen LogP contribution < -0.4 is 5.32 Å².